The third-order valence-electron chi connectivity index (χ3n) is 3.35. The molecule has 8 heteroatoms. The number of rotatable bonds is 4. The average Bonchev–Trinajstić information content (AvgIpc) is 2.52. The average molecular weight is 344 g/mol. The molecular weight excluding hydrogens is 329 g/mol. The fourth-order valence-electron chi connectivity index (χ4n) is 2.12. The largest absolute Gasteiger partial charge is 0.342 e. The van der Waals surface area contributed by atoms with E-state index in [0.717, 1.165) is 6.41 Å². The van der Waals surface area contributed by atoms with Gasteiger partial charge in [-0.2, -0.15) is 0 Å². The fraction of sp³-hybridized carbons (Fsp3) is 0.357. The summed E-state index contributed by atoms with van der Waals surface area (Å²) in [4.78, 5) is 37.7. The summed E-state index contributed by atoms with van der Waals surface area (Å²) in [6, 6.07) is 4.88. The summed E-state index contributed by atoms with van der Waals surface area (Å²) >= 11 is 11.8. The molecule has 1 saturated heterocycles. The molecule has 0 aromatic heterocycles. The Balaban J connectivity index is 1.88. The van der Waals surface area contributed by atoms with Gasteiger partial charge in [-0.3, -0.25) is 14.4 Å². The van der Waals surface area contributed by atoms with E-state index in [1.54, 1.807) is 28.0 Å². The van der Waals surface area contributed by atoms with Crippen LogP contribution >= 0.6 is 23.2 Å². The first kappa shape index (κ1) is 16.6. The van der Waals surface area contributed by atoms with Gasteiger partial charge in [0.05, 0.1) is 15.7 Å². The monoisotopic (exact) mass is 343 g/mol. The van der Waals surface area contributed by atoms with E-state index in [9.17, 15) is 14.4 Å². The summed E-state index contributed by atoms with van der Waals surface area (Å²) < 4.78 is 0. The summed E-state index contributed by atoms with van der Waals surface area (Å²) in [6.07, 6.45) is 0.486. The Morgan fingerprint density at radius 3 is 2.50 bits per heavy atom. The van der Waals surface area contributed by atoms with Crippen molar-refractivity contribution in [3.8, 4) is 0 Å². The number of carbonyl (C=O) groups is 3. The van der Waals surface area contributed by atoms with Crippen LogP contribution in [-0.2, 0) is 14.4 Å². The molecule has 22 heavy (non-hydrogen) atoms. The molecule has 1 aromatic carbocycles. The molecule has 0 atom stereocenters. The van der Waals surface area contributed by atoms with Crippen LogP contribution in [0.4, 0.5) is 5.69 Å². The van der Waals surface area contributed by atoms with E-state index in [0.29, 0.717) is 36.9 Å². The van der Waals surface area contributed by atoms with Crippen molar-refractivity contribution in [1.82, 2.24) is 9.80 Å². The van der Waals surface area contributed by atoms with Crippen LogP contribution in [0.3, 0.4) is 0 Å². The number of hydrogen-bond acceptors (Lipinski definition) is 3. The maximum Gasteiger partial charge on any atom is 0.233 e. The van der Waals surface area contributed by atoms with Crippen molar-refractivity contribution in [2.75, 3.05) is 31.5 Å². The van der Waals surface area contributed by atoms with E-state index in [1.807, 2.05) is 0 Å². The highest BCUT2D eigenvalue weighted by molar-refractivity contribution is 6.44. The van der Waals surface area contributed by atoms with Crippen molar-refractivity contribution >= 4 is 47.1 Å². The molecule has 1 N–H and O–H groups in total. The molecular formula is C14H15Cl2N3O3. The Bertz CT molecular complexity index is 587. The van der Waals surface area contributed by atoms with Gasteiger partial charge in [0, 0.05) is 26.2 Å². The lowest BCUT2D eigenvalue weighted by atomic mass is 10.2. The summed E-state index contributed by atoms with van der Waals surface area (Å²) in [5.41, 5.74) is 0.373. The van der Waals surface area contributed by atoms with E-state index in [-0.39, 0.29) is 17.4 Å². The van der Waals surface area contributed by atoms with E-state index in [1.165, 1.54) is 0 Å². The number of halogens is 2. The van der Waals surface area contributed by atoms with Gasteiger partial charge in [0.25, 0.3) is 0 Å². The molecule has 1 aliphatic heterocycles. The first-order valence-corrected chi connectivity index (χ1v) is 7.48. The van der Waals surface area contributed by atoms with Crippen molar-refractivity contribution in [3.63, 3.8) is 0 Å². The van der Waals surface area contributed by atoms with Crippen molar-refractivity contribution in [2.24, 2.45) is 0 Å². The van der Waals surface area contributed by atoms with Gasteiger partial charge in [0.1, 0.15) is 6.42 Å². The van der Waals surface area contributed by atoms with E-state index in [4.69, 9.17) is 23.2 Å². The van der Waals surface area contributed by atoms with Crippen LogP contribution in [0.15, 0.2) is 18.2 Å². The first-order valence-electron chi connectivity index (χ1n) is 6.72. The fourth-order valence-corrected chi connectivity index (χ4v) is 2.47. The molecule has 3 amide bonds. The van der Waals surface area contributed by atoms with Crippen LogP contribution in [0.2, 0.25) is 10.0 Å². The number of benzene rings is 1. The van der Waals surface area contributed by atoms with Gasteiger partial charge in [-0.05, 0) is 12.1 Å². The lowest BCUT2D eigenvalue weighted by Gasteiger charge is -2.32. The number of amides is 3. The highest BCUT2D eigenvalue weighted by atomic mass is 35.5. The Morgan fingerprint density at radius 2 is 1.86 bits per heavy atom. The molecule has 0 saturated carbocycles. The second kappa shape index (κ2) is 7.47. The molecule has 118 valence electrons. The van der Waals surface area contributed by atoms with Gasteiger partial charge in [-0.1, -0.05) is 29.3 Å². The predicted octanol–water partition coefficient (Wildman–Crippen LogP) is 1.62. The van der Waals surface area contributed by atoms with Crippen LogP contribution in [0.5, 0.6) is 0 Å². The van der Waals surface area contributed by atoms with Crippen molar-refractivity contribution in [3.05, 3.63) is 28.2 Å². The van der Waals surface area contributed by atoms with Crippen molar-refractivity contribution in [1.29, 1.82) is 0 Å². The second-order valence-corrected chi connectivity index (χ2v) is 5.63. The molecule has 6 nitrogen and oxygen atoms in total. The molecule has 1 aliphatic rings. The van der Waals surface area contributed by atoms with Gasteiger partial charge in [-0.25, -0.2) is 0 Å². The van der Waals surface area contributed by atoms with Gasteiger partial charge in [0.2, 0.25) is 18.2 Å². The number of carbonyl (C=O) groups excluding carboxylic acids is 3. The maximum absolute atomic E-state index is 12.0. The van der Waals surface area contributed by atoms with Crippen LogP contribution < -0.4 is 5.32 Å². The molecule has 0 bridgehead atoms. The summed E-state index contributed by atoms with van der Waals surface area (Å²) in [5.74, 6) is -0.729. The smallest absolute Gasteiger partial charge is 0.233 e. The zero-order chi connectivity index (χ0) is 16.1. The second-order valence-electron chi connectivity index (χ2n) is 4.85. The minimum Gasteiger partial charge on any atom is -0.342 e. The number of anilines is 1. The number of nitrogens with one attached hydrogen (secondary N) is 1. The molecule has 0 unspecified atom stereocenters. The Morgan fingerprint density at radius 1 is 1.18 bits per heavy atom. The SMILES string of the molecule is O=CN1CCN(C(=O)CC(=O)Nc2cccc(Cl)c2Cl)CC1. The minimum absolute atomic E-state index is 0.240. The number of piperazine rings is 1. The summed E-state index contributed by atoms with van der Waals surface area (Å²) in [5, 5.41) is 3.14. The lowest BCUT2D eigenvalue weighted by molar-refractivity contribution is -0.137. The predicted molar refractivity (Wildman–Crippen MR) is 83.9 cm³/mol. The van der Waals surface area contributed by atoms with E-state index in [2.05, 4.69) is 5.32 Å². The Labute approximate surface area is 138 Å². The molecule has 0 spiro atoms. The van der Waals surface area contributed by atoms with Crippen LogP contribution in [-0.4, -0.2) is 54.2 Å². The van der Waals surface area contributed by atoms with Gasteiger partial charge < -0.3 is 15.1 Å². The molecule has 0 aliphatic carbocycles. The number of hydrogen-bond donors (Lipinski definition) is 1. The Kier molecular flexibility index (Phi) is 5.63. The molecule has 0 radical (unpaired) electrons. The quantitative estimate of drug-likeness (QED) is 0.667. The topological polar surface area (TPSA) is 69.7 Å². The zero-order valence-electron chi connectivity index (χ0n) is 11.7. The van der Waals surface area contributed by atoms with Gasteiger partial charge in [-0.15, -0.1) is 0 Å². The highest BCUT2D eigenvalue weighted by Crippen LogP contribution is 2.29. The van der Waals surface area contributed by atoms with Crippen molar-refractivity contribution in [2.45, 2.75) is 6.42 Å². The molecule has 2 rings (SSSR count). The zero-order valence-corrected chi connectivity index (χ0v) is 13.2. The molecule has 1 fully saturated rings. The molecule has 1 aromatic rings. The third-order valence-corrected chi connectivity index (χ3v) is 4.17. The van der Waals surface area contributed by atoms with Crippen molar-refractivity contribution < 1.29 is 14.4 Å². The normalized spacial score (nSPS) is 14.6. The van der Waals surface area contributed by atoms with E-state index < -0.39 is 5.91 Å². The van der Waals surface area contributed by atoms with Crippen LogP contribution in [0, 0.1) is 0 Å². The summed E-state index contributed by atoms with van der Waals surface area (Å²) in [6.45, 7) is 1.83. The standard InChI is InChI=1S/C14H15Cl2N3O3/c15-10-2-1-3-11(14(10)16)17-12(21)8-13(22)19-6-4-18(9-20)5-7-19/h1-3,9H,4-8H2,(H,17,21). The lowest BCUT2D eigenvalue weighted by Crippen LogP contribution is -2.48. The van der Waals surface area contributed by atoms with E-state index >= 15 is 0 Å². The Hall–Kier alpha value is -1.79. The minimum atomic E-state index is -0.452. The summed E-state index contributed by atoms with van der Waals surface area (Å²) in [7, 11) is 0. The van der Waals surface area contributed by atoms with Gasteiger partial charge >= 0.3 is 0 Å². The molecule has 1 heterocycles. The van der Waals surface area contributed by atoms with Crippen LogP contribution in [0.1, 0.15) is 6.42 Å². The highest BCUT2D eigenvalue weighted by Gasteiger charge is 2.22. The maximum atomic E-state index is 12.0. The third kappa shape index (κ3) is 4.11. The first-order chi connectivity index (χ1) is 10.5. The number of nitrogens with zero attached hydrogens (tertiary/aromatic N) is 2. The van der Waals surface area contributed by atoms with Crippen LogP contribution in [0.25, 0.3) is 0 Å². The van der Waals surface area contributed by atoms with Gasteiger partial charge in [0.15, 0.2) is 0 Å².